The molecule has 0 aliphatic heterocycles. The highest BCUT2D eigenvalue weighted by Crippen LogP contribution is 2.00. The van der Waals surface area contributed by atoms with Crippen LogP contribution in [0.1, 0.15) is 13.8 Å². The van der Waals surface area contributed by atoms with Gasteiger partial charge in [-0.2, -0.15) is 8.42 Å². The van der Waals surface area contributed by atoms with E-state index >= 15 is 0 Å². The first kappa shape index (κ1) is 13.9. The van der Waals surface area contributed by atoms with Crippen LogP contribution < -0.4 is 0 Å². The molecular weight excluding hydrogens is 207 g/mol. The van der Waals surface area contributed by atoms with Gasteiger partial charge in [-0.15, -0.1) is 0 Å². The first-order valence-corrected chi connectivity index (χ1v) is 5.98. The molecule has 14 heavy (non-hydrogen) atoms. The van der Waals surface area contributed by atoms with Gasteiger partial charge in [0.1, 0.15) is 0 Å². The molecule has 0 aliphatic rings. The van der Waals surface area contributed by atoms with E-state index in [1.807, 2.05) is 0 Å². The average Bonchev–Trinajstić information content (AvgIpc) is 1.98. The van der Waals surface area contributed by atoms with Crippen LogP contribution in [0.2, 0.25) is 0 Å². The summed E-state index contributed by atoms with van der Waals surface area (Å²) in [7, 11) is 1.41. The van der Waals surface area contributed by atoms with Gasteiger partial charge in [0.25, 0.3) is 18.2 Å². The van der Waals surface area contributed by atoms with Gasteiger partial charge in [0.15, 0.2) is 0 Å². The maximum absolute atomic E-state index is 10.7. The third kappa shape index (κ3) is 8.49. The Labute approximate surface area is 86.3 Å². The van der Waals surface area contributed by atoms with Gasteiger partial charge in [0, 0.05) is 0 Å². The molecule has 0 N–H and O–H groups in total. The number of hydrogen-bond acceptors (Lipinski definition) is 5. The number of rotatable bonds is 7. The molecule has 0 bridgehead atoms. The van der Waals surface area contributed by atoms with Crippen LogP contribution in [0.4, 0.5) is 0 Å². The van der Waals surface area contributed by atoms with Crippen molar-refractivity contribution in [1.29, 1.82) is 0 Å². The number of hydrogen-bond donors (Lipinski definition) is 0. The molecule has 7 heteroatoms. The van der Waals surface area contributed by atoms with Gasteiger partial charge in [-0.25, -0.2) is 0 Å². The lowest BCUT2D eigenvalue weighted by Gasteiger charge is -2.16. The van der Waals surface area contributed by atoms with Gasteiger partial charge in [0.05, 0.1) is 31.7 Å². The van der Waals surface area contributed by atoms with E-state index in [1.54, 1.807) is 13.8 Å². The van der Waals surface area contributed by atoms with Gasteiger partial charge in [-0.1, -0.05) is 0 Å². The van der Waals surface area contributed by atoms with E-state index < -0.39 is 16.2 Å². The summed E-state index contributed by atoms with van der Waals surface area (Å²) in [5.41, 5.74) is 0. The molecule has 0 heterocycles. The fraction of sp³-hybridized carbons (Fsp3) is 1.00. The monoisotopic (exact) mass is 222 g/mol. The fourth-order valence-electron chi connectivity index (χ4n) is 0.810. The summed E-state index contributed by atoms with van der Waals surface area (Å²) in [4.78, 5) is 0. The van der Waals surface area contributed by atoms with Gasteiger partial charge in [-0.05, 0) is 13.8 Å². The molecule has 2 atom stereocenters. The predicted octanol–water partition coefficient (Wildman–Crippen LogP) is -0.144. The minimum Gasteiger partial charge on any atom is -0.445 e. The average molecular weight is 222 g/mol. The van der Waals surface area contributed by atoms with Crippen LogP contribution in [0.3, 0.4) is 0 Å². The second kappa shape index (κ2) is 6.39. The zero-order valence-corrected chi connectivity index (χ0v) is 9.41. The van der Waals surface area contributed by atoms with Gasteiger partial charge < -0.3 is 9.39 Å². The first-order valence-electron chi connectivity index (χ1n) is 4.16. The fourth-order valence-corrected chi connectivity index (χ4v) is 1.46. The Balaban J connectivity index is 3.69. The van der Waals surface area contributed by atoms with Crippen molar-refractivity contribution < 1.29 is 22.0 Å². The lowest BCUT2D eigenvalue weighted by atomic mass is 10.4. The highest BCUT2D eigenvalue weighted by atomic mass is 32.2. The van der Waals surface area contributed by atoms with E-state index in [9.17, 15) is 8.42 Å². The minimum absolute atomic E-state index is 0.178. The molecule has 0 saturated carbocycles. The topological polar surface area (TPSA) is 61.8 Å². The van der Waals surface area contributed by atoms with Crippen molar-refractivity contribution in [2.24, 2.45) is 0 Å². The summed E-state index contributed by atoms with van der Waals surface area (Å²) in [5.74, 6) is 0. The van der Waals surface area contributed by atoms with Crippen molar-refractivity contribution in [3.05, 3.63) is 0 Å². The van der Waals surface area contributed by atoms with Crippen LogP contribution in [0.25, 0.3) is 0 Å². The van der Waals surface area contributed by atoms with Crippen molar-refractivity contribution in [2.75, 3.05) is 19.5 Å². The molecule has 0 aromatic carbocycles. The summed E-state index contributed by atoms with van der Waals surface area (Å²) >= 11 is 0. The zero-order chi connectivity index (χ0) is 11.2. The van der Waals surface area contributed by atoms with Gasteiger partial charge >= 0.3 is 0 Å². The molecule has 0 saturated heterocycles. The molecule has 0 aliphatic carbocycles. The molecule has 0 fully saturated rings. The van der Waals surface area contributed by atoms with Crippen molar-refractivity contribution in [3.8, 4) is 0 Å². The van der Waals surface area contributed by atoms with Crippen LogP contribution in [-0.2, 0) is 23.7 Å². The standard InChI is InChI=1S/C7H15BO5S/c1-6(5-12-8)11-4-7(2)13-14(3,9)10/h6-7H,4-5H2,1-3H3. The molecule has 2 radical (unpaired) electrons. The summed E-state index contributed by atoms with van der Waals surface area (Å²) in [6, 6.07) is 0. The normalized spacial score (nSPS) is 16.5. The molecule has 2 unspecified atom stereocenters. The van der Waals surface area contributed by atoms with E-state index in [0.717, 1.165) is 6.26 Å². The van der Waals surface area contributed by atoms with E-state index in [1.165, 1.54) is 0 Å². The molecule has 82 valence electrons. The maximum atomic E-state index is 10.7. The Hall–Kier alpha value is -0.105. The van der Waals surface area contributed by atoms with Crippen LogP contribution in [0.15, 0.2) is 0 Å². The zero-order valence-electron chi connectivity index (χ0n) is 8.60. The third-order valence-electron chi connectivity index (χ3n) is 1.29. The van der Waals surface area contributed by atoms with Crippen molar-refractivity contribution in [3.63, 3.8) is 0 Å². The Morgan fingerprint density at radius 2 is 1.79 bits per heavy atom. The molecule has 5 nitrogen and oxygen atoms in total. The summed E-state index contributed by atoms with van der Waals surface area (Å²) in [6.45, 7) is 3.81. The summed E-state index contributed by atoms with van der Waals surface area (Å²) in [5, 5.41) is 0. The van der Waals surface area contributed by atoms with Crippen LogP contribution in [0, 0.1) is 0 Å². The Kier molecular flexibility index (Phi) is 6.34. The lowest BCUT2D eigenvalue weighted by molar-refractivity contribution is -0.00299. The number of ether oxygens (including phenoxy) is 1. The van der Waals surface area contributed by atoms with Crippen LogP contribution in [0.5, 0.6) is 0 Å². The smallest absolute Gasteiger partial charge is 0.282 e. The van der Waals surface area contributed by atoms with Crippen molar-refractivity contribution >= 4 is 18.2 Å². The Morgan fingerprint density at radius 3 is 2.21 bits per heavy atom. The highest BCUT2D eigenvalue weighted by molar-refractivity contribution is 7.86. The Morgan fingerprint density at radius 1 is 1.21 bits per heavy atom. The van der Waals surface area contributed by atoms with Crippen LogP contribution >= 0.6 is 0 Å². The predicted molar refractivity (Wildman–Crippen MR) is 52.5 cm³/mol. The van der Waals surface area contributed by atoms with E-state index in [-0.39, 0.29) is 19.3 Å². The molecular formula is C7H15BO5S. The van der Waals surface area contributed by atoms with Gasteiger partial charge in [0.2, 0.25) is 0 Å². The van der Waals surface area contributed by atoms with Crippen molar-refractivity contribution in [2.45, 2.75) is 26.1 Å². The summed E-state index contributed by atoms with van der Waals surface area (Å²) in [6.07, 6.45) is 0.298. The quantitative estimate of drug-likeness (QED) is 0.443. The van der Waals surface area contributed by atoms with E-state index in [4.69, 9.17) is 12.8 Å². The third-order valence-corrected chi connectivity index (χ3v) is 1.96. The molecule has 0 aromatic heterocycles. The largest absolute Gasteiger partial charge is 0.445 e. The lowest BCUT2D eigenvalue weighted by Crippen LogP contribution is -2.24. The molecule has 0 spiro atoms. The molecule has 0 amide bonds. The second-order valence-electron chi connectivity index (χ2n) is 3.09. The SMILES string of the molecule is [B]OCC(C)OCC(C)OS(C)(=O)=O. The van der Waals surface area contributed by atoms with Crippen molar-refractivity contribution in [1.82, 2.24) is 0 Å². The minimum atomic E-state index is -3.42. The van der Waals surface area contributed by atoms with E-state index in [2.05, 4.69) is 8.84 Å². The van der Waals surface area contributed by atoms with Crippen LogP contribution in [-0.4, -0.2) is 48.1 Å². The maximum Gasteiger partial charge on any atom is 0.282 e. The summed E-state index contributed by atoms with van der Waals surface area (Å²) < 4.78 is 35.6. The van der Waals surface area contributed by atoms with Gasteiger partial charge in [-0.3, -0.25) is 4.18 Å². The molecule has 0 rings (SSSR count). The highest BCUT2D eigenvalue weighted by Gasteiger charge is 2.11. The second-order valence-corrected chi connectivity index (χ2v) is 4.69. The first-order chi connectivity index (χ1) is 6.35. The molecule has 0 aromatic rings. The van der Waals surface area contributed by atoms with E-state index in [0.29, 0.717) is 0 Å². The Bertz CT molecular complexity index is 240.